The summed E-state index contributed by atoms with van der Waals surface area (Å²) in [4.78, 5) is 4.56. The van der Waals surface area contributed by atoms with E-state index in [2.05, 4.69) is 16.2 Å². The fourth-order valence-corrected chi connectivity index (χ4v) is 3.29. The molecule has 0 unspecified atom stereocenters. The van der Waals surface area contributed by atoms with E-state index < -0.39 is 0 Å². The molecule has 2 aromatic carbocycles. The summed E-state index contributed by atoms with van der Waals surface area (Å²) in [5.74, 6) is 0. The first-order valence-electron chi connectivity index (χ1n) is 8.72. The van der Waals surface area contributed by atoms with Crippen LogP contribution < -0.4 is 5.73 Å². The van der Waals surface area contributed by atoms with E-state index >= 15 is 0 Å². The first-order chi connectivity index (χ1) is 13.2. The Morgan fingerprint density at radius 2 is 1.96 bits per heavy atom. The lowest BCUT2D eigenvalue weighted by molar-refractivity contribution is 0.459. The molecular weight excluding hydrogens is 336 g/mol. The highest BCUT2D eigenvalue weighted by Crippen LogP contribution is 2.33. The number of nitriles is 1. The molecule has 5 heteroatoms. The Labute approximate surface area is 157 Å². The number of rotatable bonds is 4. The summed E-state index contributed by atoms with van der Waals surface area (Å²) >= 11 is 0. The van der Waals surface area contributed by atoms with E-state index in [0.29, 0.717) is 17.6 Å². The van der Waals surface area contributed by atoms with Crippen LogP contribution in [0.1, 0.15) is 28.6 Å². The van der Waals surface area contributed by atoms with Gasteiger partial charge in [-0.3, -0.25) is 4.98 Å². The van der Waals surface area contributed by atoms with Gasteiger partial charge in [0.25, 0.3) is 0 Å². The van der Waals surface area contributed by atoms with Gasteiger partial charge in [-0.15, -0.1) is 0 Å². The zero-order chi connectivity index (χ0) is 18.8. The van der Waals surface area contributed by atoms with Gasteiger partial charge in [0, 0.05) is 40.9 Å². The molecule has 0 aliphatic rings. The van der Waals surface area contributed by atoms with Crippen molar-refractivity contribution in [1.82, 2.24) is 10.1 Å². The Morgan fingerprint density at radius 3 is 2.78 bits per heavy atom. The molecule has 0 saturated heterocycles. The average molecular weight is 354 g/mol. The van der Waals surface area contributed by atoms with Crippen LogP contribution in [-0.2, 0) is 6.42 Å². The van der Waals surface area contributed by atoms with Crippen LogP contribution in [0, 0.1) is 18.3 Å². The van der Waals surface area contributed by atoms with Crippen LogP contribution in [0.2, 0.25) is 0 Å². The first-order valence-corrected chi connectivity index (χ1v) is 8.72. The summed E-state index contributed by atoms with van der Waals surface area (Å²) in [6, 6.07) is 21.1. The van der Waals surface area contributed by atoms with Crippen LogP contribution in [0.25, 0.3) is 22.2 Å². The fraction of sp³-hybridized carbons (Fsp3) is 0.136. The minimum Gasteiger partial charge on any atom is -0.356 e. The second-order valence-electron chi connectivity index (χ2n) is 6.52. The number of nitrogens with zero attached hydrogens (tertiary/aromatic N) is 3. The van der Waals surface area contributed by atoms with E-state index in [9.17, 15) is 0 Å². The van der Waals surface area contributed by atoms with Gasteiger partial charge >= 0.3 is 0 Å². The van der Waals surface area contributed by atoms with Crippen molar-refractivity contribution in [2.24, 2.45) is 5.73 Å². The van der Waals surface area contributed by atoms with Crippen LogP contribution >= 0.6 is 0 Å². The van der Waals surface area contributed by atoms with E-state index in [1.807, 2.05) is 55.5 Å². The standard InChI is InChI=1S/C22H18N4O/c1-14-5-4-6-16(25-14)12-20(24)17-7-2-3-8-18(17)22-19-10-9-15(13-23)11-21(19)27-26-22/h2-11,20H,12,24H2,1H3/t20-/m0/s1. The smallest absolute Gasteiger partial charge is 0.168 e. The maximum Gasteiger partial charge on any atom is 0.168 e. The maximum absolute atomic E-state index is 9.06. The van der Waals surface area contributed by atoms with Gasteiger partial charge in [-0.2, -0.15) is 5.26 Å². The van der Waals surface area contributed by atoms with Gasteiger partial charge in [0.05, 0.1) is 11.6 Å². The summed E-state index contributed by atoms with van der Waals surface area (Å²) in [6.07, 6.45) is 0.632. The number of aromatic nitrogens is 2. The van der Waals surface area contributed by atoms with E-state index in [4.69, 9.17) is 15.5 Å². The number of pyridine rings is 1. The zero-order valence-corrected chi connectivity index (χ0v) is 14.9. The highest BCUT2D eigenvalue weighted by atomic mass is 16.5. The summed E-state index contributed by atoms with van der Waals surface area (Å²) in [5, 5.41) is 14.2. The van der Waals surface area contributed by atoms with Gasteiger partial charge < -0.3 is 10.3 Å². The van der Waals surface area contributed by atoms with Crippen molar-refractivity contribution >= 4 is 11.0 Å². The second kappa shape index (κ2) is 7.02. The number of hydrogen-bond acceptors (Lipinski definition) is 5. The monoisotopic (exact) mass is 354 g/mol. The molecule has 2 heterocycles. The molecule has 0 fully saturated rings. The quantitative estimate of drug-likeness (QED) is 0.590. The molecule has 0 amide bonds. The van der Waals surface area contributed by atoms with Crippen molar-refractivity contribution in [2.75, 3.05) is 0 Å². The third-order valence-electron chi connectivity index (χ3n) is 4.59. The average Bonchev–Trinajstić information content (AvgIpc) is 3.11. The van der Waals surface area contributed by atoms with Crippen LogP contribution in [-0.4, -0.2) is 10.1 Å². The van der Waals surface area contributed by atoms with Crippen LogP contribution in [0.4, 0.5) is 0 Å². The molecule has 0 spiro atoms. The molecule has 0 aliphatic carbocycles. The molecule has 1 atom stereocenters. The Hall–Kier alpha value is -3.49. The van der Waals surface area contributed by atoms with Gasteiger partial charge in [0.2, 0.25) is 0 Å². The fourth-order valence-electron chi connectivity index (χ4n) is 3.29. The molecule has 4 rings (SSSR count). The predicted molar refractivity (Wildman–Crippen MR) is 104 cm³/mol. The molecule has 132 valence electrons. The molecule has 0 saturated carbocycles. The summed E-state index contributed by atoms with van der Waals surface area (Å²) in [7, 11) is 0. The van der Waals surface area contributed by atoms with Crippen LogP contribution in [0.15, 0.2) is 65.2 Å². The highest BCUT2D eigenvalue weighted by molar-refractivity contribution is 5.93. The number of hydrogen-bond donors (Lipinski definition) is 1. The third-order valence-corrected chi connectivity index (χ3v) is 4.59. The lowest BCUT2D eigenvalue weighted by Crippen LogP contribution is -2.15. The molecule has 0 aliphatic heterocycles. The minimum absolute atomic E-state index is 0.222. The number of benzene rings is 2. The highest BCUT2D eigenvalue weighted by Gasteiger charge is 2.18. The van der Waals surface area contributed by atoms with Crippen LogP contribution in [0.3, 0.4) is 0 Å². The lowest BCUT2D eigenvalue weighted by atomic mass is 9.94. The molecular formula is C22H18N4O. The van der Waals surface area contributed by atoms with E-state index in [1.165, 1.54) is 0 Å². The van der Waals surface area contributed by atoms with Crippen molar-refractivity contribution < 1.29 is 4.52 Å². The number of aryl methyl sites for hydroxylation is 1. The largest absolute Gasteiger partial charge is 0.356 e. The Kier molecular flexibility index (Phi) is 4.41. The van der Waals surface area contributed by atoms with Crippen molar-refractivity contribution in [3.05, 3.63) is 83.2 Å². The SMILES string of the molecule is Cc1cccc(C[C@H](N)c2ccccc2-c2noc3cc(C#N)ccc23)n1. The third kappa shape index (κ3) is 3.31. The predicted octanol–water partition coefficient (Wildman–Crippen LogP) is 4.31. The van der Waals surface area contributed by atoms with Crippen molar-refractivity contribution in [3.8, 4) is 17.3 Å². The molecule has 5 nitrogen and oxygen atoms in total. The topological polar surface area (TPSA) is 88.7 Å². The van der Waals surface area contributed by atoms with Crippen molar-refractivity contribution in [2.45, 2.75) is 19.4 Å². The van der Waals surface area contributed by atoms with Gasteiger partial charge in [0.1, 0.15) is 5.69 Å². The van der Waals surface area contributed by atoms with Gasteiger partial charge in [0.15, 0.2) is 5.58 Å². The molecule has 2 aromatic heterocycles. The summed E-state index contributed by atoms with van der Waals surface area (Å²) < 4.78 is 5.46. The van der Waals surface area contributed by atoms with Gasteiger partial charge in [-0.25, -0.2) is 0 Å². The second-order valence-corrected chi connectivity index (χ2v) is 6.52. The molecule has 2 N–H and O–H groups in total. The summed E-state index contributed by atoms with van der Waals surface area (Å²) in [6.45, 7) is 1.97. The zero-order valence-electron chi connectivity index (χ0n) is 14.9. The molecule has 4 aromatic rings. The van der Waals surface area contributed by atoms with Crippen molar-refractivity contribution in [3.63, 3.8) is 0 Å². The molecule has 0 radical (unpaired) electrons. The Morgan fingerprint density at radius 1 is 1.11 bits per heavy atom. The molecule has 0 bridgehead atoms. The van der Waals surface area contributed by atoms with Crippen molar-refractivity contribution in [1.29, 1.82) is 5.26 Å². The lowest BCUT2D eigenvalue weighted by Gasteiger charge is -2.15. The van der Waals surface area contributed by atoms with Crippen LogP contribution in [0.5, 0.6) is 0 Å². The molecule has 27 heavy (non-hydrogen) atoms. The number of nitrogens with two attached hydrogens (primary N) is 1. The number of fused-ring (bicyclic) bond motifs is 1. The van der Waals surface area contributed by atoms with E-state index in [1.54, 1.807) is 12.1 Å². The van der Waals surface area contributed by atoms with Gasteiger partial charge in [-0.1, -0.05) is 35.5 Å². The Bertz CT molecular complexity index is 1160. The van der Waals surface area contributed by atoms with E-state index in [0.717, 1.165) is 33.6 Å². The minimum atomic E-state index is -0.222. The first kappa shape index (κ1) is 17.0. The summed E-state index contributed by atoms with van der Waals surface area (Å²) in [5.41, 5.74) is 12.3. The normalized spacial score (nSPS) is 12.0. The Balaban J connectivity index is 1.74. The van der Waals surface area contributed by atoms with Gasteiger partial charge in [-0.05, 0) is 36.8 Å². The van der Waals surface area contributed by atoms with E-state index in [-0.39, 0.29) is 6.04 Å². The maximum atomic E-state index is 9.06.